The van der Waals surface area contributed by atoms with Crippen LogP contribution in [0.2, 0.25) is 0 Å². The lowest BCUT2D eigenvalue weighted by atomic mass is 10.3. The Kier molecular flexibility index (Phi) is 84.7. The van der Waals surface area contributed by atoms with Crippen molar-refractivity contribution in [2.45, 2.75) is 164 Å². The Labute approximate surface area is 463 Å². The van der Waals surface area contributed by atoms with Crippen LogP contribution in [0.25, 0.3) is 0 Å². The average Bonchev–Trinajstić information content (AvgIpc) is 3.30. The molecule has 5 N–H and O–H groups in total. The van der Waals surface area contributed by atoms with Crippen molar-refractivity contribution in [3.8, 4) is 0 Å². The summed E-state index contributed by atoms with van der Waals surface area (Å²) in [6.07, 6.45) is 22.5. The second-order valence-corrected chi connectivity index (χ2v) is 24.6. The monoisotopic (exact) mass is 1060 g/mol. The summed E-state index contributed by atoms with van der Waals surface area (Å²) < 4.78 is 9.43. The maximum absolute atomic E-state index is 9.54. The van der Waals surface area contributed by atoms with E-state index in [-0.39, 0.29) is 6.10 Å². The SMILES string of the molecule is CCCCN(C)CC[N+](C)(C)C.CCCCNC.CCCCNC.CCCCNCCNC.CCCCOCC(O)C[N+](C)(C)C.CCCCSC.CCCC[N+](C)(C)C.CCCC[N+](C)(C)CCN(C)C. The third-order valence-corrected chi connectivity index (χ3v) is 11.4. The number of quaternary nitrogens is 4. The zero-order chi connectivity index (χ0) is 57.6. The van der Waals surface area contributed by atoms with Gasteiger partial charge in [0.2, 0.25) is 0 Å². The summed E-state index contributed by atoms with van der Waals surface area (Å²) in [5, 5.41) is 22.1. The Morgan fingerprint density at radius 3 is 1.22 bits per heavy atom. The van der Waals surface area contributed by atoms with Crippen LogP contribution >= 0.6 is 11.8 Å². The van der Waals surface area contributed by atoms with Gasteiger partial charge in [0.15, 0.2) is 0 Å². The first-order valence-electron chi connectivity index (χ1n) is 29.6. The molecule has 0 bridgehead atoms. The molecule has 12 nitrogen and oxygen atoms in total. The lowest BCUT2D eigenvalue weighted by molar-refractivity contribution is -0.890. The number of likely N-dealkylation sites (N-methyl/N-ethyl adjacent to an activating group) is 6. The van der Waals surface area contributed by atoms with Crippen LogP contribution in [0.1, 0.15) is 158 Å². The fourth-order valence-electron chi connectivity index (χ4n) is 5.60. The highest BCUT2D eigenvalue weighted by atomic mass is 32.2. The number of hydrogen-bond donors (Lipinski definition) is 5. The van der Waals surface area contributed by atoms with E-state index in [1.165, 1.54) is 141 Å². The molecule has 0 saturated heterocycles. The van der Waals surface area contributed by atoms with Gasteiger partial charge in [-0.3, -0.25) is 0 Å². The van der Waals surface area contributed by atoms with E-state index in [1.54, 1.807) is 0 Å². The lowest BCUT2D eigenvalue weighted by Gasteiger charge is -2.30. The van der Waals surface area contributed by atoms with Gasteiger partial charge < -0.3 is 58.8 Å². The predicted molar refractivity (Wildman–Crippen MR) is 336 cm³/mol. The standard InChI is InChI=1S/2C10H25N2.C10H24NO2.C7H18N2.C7H18N.2C5H13N.C5H12S/c1-6-7-9-12(4,5)10-8-11(2)3;1-6-7-8-11(2)9-10-12(3,4)5;1-5-6-7-13-9-10(12)8-11(2,3)4;1-3-4-5-9-7-6-8-2;1-5-6-7-8(2,3)4;3*1-3-4-5-6-2/h2*6-10H2,1-5H3;10,12H,5-9H2,1-4H3;8-9H,3-7H2,1-2H3;5-7H2,1-4H3;2*6H,3-5H2,1-2H3;3-5H2,1-2H3/q3*+1;;+1;;;. The van der Waals surface area contributed by atoms with Gasteiger partial charge in [-0.25, -0.2) is 0 Å². The van der Waals surface area contributed by atoms with Crippen molar-refractivity contribution >= 4 is 11.8 Å². The molecule has 1 unspecified atom stereocenters. The van der Waals surface area contributed by atoms with Gasteiger partial charge in [-0.15, -0.1) is 0 Å². The van der Waals surface area contributed by atoms with E-state index in [0.29, 0.717) is 6.61 Å². The number of thioether (sulfide) groups is 1. The van der Waals surface area contributed by atoms with E-state index < -0.39 is 0 Å². The van der Waals surface area contributed by atoms with E-state index >= 15 is 0 Å². The van der Waals surface area contributed by atoms with Gasteiger partial charge >= 0.3 is 0 Å². The molecule has 0 saturated carbocycles. The number of ether oxygens (including phenoxy) is 1. The molecule has 0 aromatic carbocycles. The number of hydrogen-bond acceptors (Lipinski definition) is 9. The third kappa shape index (κ3) is 123. The molecule has 0 amide bonds. The molecule has 0 aliphatic carbocycles. The van der Waals surface area contributed by atoms with Crippen LogP contribution in [0.4, 0.5) is 0 Å². The molecule has 0 radical (unpaired) electrons. The van der Waals surface area contributed by atoms with Gasteiger partial charge in [-0.2, -0.15) is 11.8 Å². The summed E-state index contributed by atoms with van der Waals surface area (Å²) in [5.41, 5.74) is 0. The number of aliphatic hydroxyl groups excluding tert-OH is 1. The van der Waals surface area contributed by atoms with Gasteiger partial charge in [0.05, 0.1) is 110 Å². The third-order valence-electron chi connectivity index (χ3n) is 10.7. The zero-order valence-electron chi connectivity index (χ0n) is 55.2. The summed E-state index contributed by atoms with van der Waals surface area (Å²) in [6.45, 7) is 34.1. The van der Waals surface area contributed by atoms with Crippen molar-refractivity contribution in [1.29, 1.82) is 0 Å². The molecule has 1 atom stereocenters. The van der Waals surface area contributed by atoms with Crippen LogP contribution in [-0.4, -0.2) is 269 Å². The first-order chi connectivity index (χ1) is 33.6. The zero-order valence-corrected chi connectivity index (χ0v) is 56.0. The minimum Gasteiger partial charge on any atom is -0.385 e. The van der Waals surface area contributed by atoms with E-state index in [0.717, 1.165) is 76.6 Å². The molecule has 0 spiro atoms. The second kappa shape index (κ2) is 68.9. The van der Waals surface area contributed by atoms with Crippen molar-refractivity contribution in [3.63, 3.8) is 0 Å². The van der Waals surface area contributed by atoms with Crippen LogP contribution in [-0.2, 0) is 4.74 Å². The predicted octanol–water partition coefficient (Wildman–Crippen LogP) is 9.97. The molecule has 0 heterocycles. The van der Waals surface area contributed by atoms with Crippen molar-refractivity contribution in [2.75, 3.05) is 230 Å². The first kappa shape index (κ1) is 88.5. The molecule has 0 rings (SSSR count). The minimum atomic E-state index is -0.336. The van der Waals surface area contributed by atoms with Crippen LogP contribution < -0.4 is 21.3 Å². The summed E-state index contributed by atoms with van der Waals surface area (Å²) in [6, 6.07) is 0. The summed E-state index contributed by atoms with van der Waals surface area (Å²) in [5.74, 6) is 1.33. The van der Waals surface area contributed by atoms with Gasteiger partial charge in [-0.1, -0.05) is 107 Å². The minimum absolute atomic E-state index is 0.336. The molecule has 0 fully saturated rings. The fraction of sp³-hybridized carbons (Fsp3) is 1.00. The molecule has 72 heavy (non-hydrogen) atoms. The Hall–Kier alpha value is -0.130. The maximum atomic E-state index is 9.54. The molecular weight excluding hydrogens is 913 g/mol. The number of unbranched alkanes of at least 4 members (excludes halogenated alkanes) is 8. The van der Waals surface area contributed by atoms with Crippen LogP contribution in [0.15, 0.2) is 0 Å². The number of aliphatic hydroxyl groups is 1. The fourth-order valence-corrected chi connectivity index (χ4v) is 6.18. The molecule has 0 aromatic heterocycles. The number of nitrogens with one attached hydrogen (secondary N) is 4. The van der Waals surface area contributed by atoms with Crippen molar-refractivity contribution < 1.29 is 27.8 Å². The quantitative estimate of drug-likeness (QED) is 0.0309. The maximum Gasteiger partial charge on any atom is 0.126 e. The summed E-state index contributed by atoms with van der Waals surface area (Å²) in [4.78, 5) is 4.68. The van der Waals surface area contributed by atoms with Crippen molar-refractivity contribution in [2.24, 2.45) is 0 Å². The highest BCUT2D eigenvalue weighted by Crippen LogP contribution is 2.02. The van der Waals surface area contributed by atoms with E-state index in [1.807, 2.05) is 32.9 Å². The van der Waals surface area contributed by atoms with E-state index in [2.05, 4.69) is 191 Å². The second-order valence-electron chi connectivity index (χ2n) is 23.6. The van der Waals surface area contributed by atoms with Crippen molar-refractivity contribution in [3.05, 3.63) is 0 Å². The van der Waals surface area contributed by atoms with E-state index in [9.17, 15) is 5.11 Å². The Balaban J connectivity index is -0.000000110. The summed E-state index contributed by atoms with van der Waals surface area (Å²) in [7, 11) is 36.7. The highest BCUT2D eigenvalue weighted by Gasteiger charge is 2.15. The van der Waals surface area contributed by atoms with Gasteiger partial charge in [0.1, 0.15) is 12.6 Å². The first-order valence-corrected chi connectivity index (χ1v) is 31.0. The Bertz CT molecular complexity index is 864. The average molecular weight is 1060 g/mol. The normalized spacial score (nSPS) is 11.6. The van der Waals surface area contributed by atoms with Gasteiger partial charge in [-0.05, 0) is 132 Å². The molecular formula is C59H148N10O2S+4. The molecule has 13 heteroatoms. The van der Waals surface area contributed by atoms with Gasteiger partial charge in [0.25, 0.3) is 0 Å². The Morgan fingerprint density at radius 1 is 0.458 bits per heavy atom. The molecule has 0 aliphatic heterocycles. The number of rotatable bonds is 37. The van der Waals surface area contributed by atoms with Crippen LogP contribution in [0.3, 0.4) is 0 Å². The highest BCUT2D eigenvalue weighted by molar-refractivity contribution is 7.98. The topological polar surface area (TPSA) is 84.1 Å². The smallest absolute Gasteiger partial charge is 0.126 e. The van der Waals surface area contributed by atoms with Gasteiger partial charge in [0, 0.05) is 32.8 Å². The molecule has 0 aromatic rings. The van der Waals surface area contributed by atoms with E-state index in [4.69, 9.17) is 4.74 Å². The largest absolute Gasteiger partial charge is 0.385 e. The van der Waals surface area contributed by atoms with Crippen LogP contribution in [0, 0.1) is 0 Å². The van der Waals surface area contributed by atoms with Crippen molar-refractivity contribution in [1.82, 2.24) is 31.1 Å². The van der Waals surface area contributed by atoms with Crippen LogP contribution in [0.5, 0.6) is 0 Å². The molecule has 448 valence electrons. The molecule has 0 aliphatic rings. The summed E-state index contributed by atoms with van der Waals surface area (Å²) >= 11 is 1.93. The lowest BCUT2D eigenvalue weighted by Crippen LogP contribution is -2.44. The Morgan fingerprint density at radius 2 is 0.889 bits per heavy atom. The number of nitrogens with zero attached hydrogens (tertiary/aromatic N) is 6.